The summed E-state index contributed by atoms with van der Waals surface area (Å²) in [5, 5.41) is 0. The van der Waals surface area contributed by atoms with E-state index in [-0.39, 0.29) is 11.6 Å². The maximum absolute atomic E-state index is 14.3. The van der Waals surface area contributed by atoms with Gasteiger partial charge in [-0.05, 0) is 61.1 Å². The average molecular weight is 366 g/mol. The number of rotatable bonds is 4. The van der Waals surface area contributed by atoms with Crippen LogP contribution in [0, 0.1) is 11.7 Å². The molecule has 1 aliphatic carbocycles. The lowest BCUT2D eigenvalue weighted by Crippen LogP contribution is -2.00. The molecular formula is C22H20F2N2O. The number of H-pyrrole nitrogens is 1. The molecule has 1 aromatic heterocycles. The van der Waals surface area contributed by atoms with Crippen molar-refractivity contribution >= 4 is 17.1 Å². The molecule has 4 rings (SSSR count). The predicted octanol–water partition coefficient (Wildman–Crippen LogP) is 6.04. The number of hydrogen-bond acceptors (Lipinski definition) is 2. The summed E-state index contributed by atoms with van der Waals surface area (Å²) in [6, 6.07) is 10.4. The van der Waals surface area contributed by atoms with Gasteiger partial charge in [0.1, 0.15) is 17.4 Å². The van der Waals surface area contributed by atoms with Crippen LogP contribution < -0.4 is 4.74 Å². The molecule has 5 heteroatoms. The number of fused-ring (bicyclic) bond motifs is 1. The van der Waals surface area contributed by atoms with E-state index in [1.165, 1.54) is 13.2 Å². The highest BCUT2D eigenvalue weighted by atomic mass is 19.1. The van der Waals surface area contributed by atoms with E-state index < -0.39 is 0 Å². The van der Waals surface area contributed by atoms with Crippen molar-refractivity contribution in [3.05, 3.63) is 66.0 Å². The number of methoxy groups -OCH3 is 1. The quantitative estimate of drug-likeness (QED) is 0.611. The van der Waals surface area contributed by atoms with Gasteiger partial charge < -0.3 is 9.72 Å². The number of hydrogen-bond donors (Lipinski definition) is 1. The van der Waals surface area contributed by atoms with Gasteiger partial charge in [-0.2, -0.15) is 0 Å². The second-order valence-electron chi connectivity index (χ2n) is 6.72. The second-order valence-corrected chi connectivity index (χ2v) is 6.72. The summed E-state index contributed by atoms with van der Waals surface area (Å²) in [7, 11) is 1.53. The zero-order valence-corrected chi connectivity index (χ0v) is 15.0. The highest BCUT2D eigenvalue weighted by molar-refractivity contribution is 5.84. The first-order valence-corrected chi connectivity index (χ1v) is 8.99. The topological polar surface area (TPSA) is 37.9 Å². The number of nitrogens with one attached hydrogen (secondary N) is 1. The van der Waals surface area contributed by atoms with Gasteiger partial charge in [0.2, 0.25) is 0 Å². The molecule has 2 aromatic carbocycles. The molecule has 0 aliphatic heterocycles. The van der Waals surface area contributed by atoms with Crippen LogP contribution in [-0.2, 0) is 0 Å². The smallest absolute Gasteiger partial charge is 0.134 e. The van der Waals surface area contributed by atoms with Crippen LogP contribution in [0.1, 0.15) is 25.1 Å². The third kappa shape index (κ3) is 3.63. The van der Waals surface area contributed by atoms with Gasteiger partial charge in [-0.1, -0.05) is 24.3 Å². The molecular weight excluding hydrogens is 346 g/mol. The maximum Gasteiger partial charge on any atom is 0.134 e. The van der Waals surface area contributed by atoms with Gasteiger partial charge in [0.15, 0.2) is 0 Å². The van der Waals surface area contributed by atoms with Crippen molar-refractivity contribution in [3.8, 4) is 16.9 Å². The Labute approximate surface area is 156 Å². The van der Waals surface area contributed by atoms with Crippen molar-refractivity contribution in [2.24, 2.45) is 5.92 Å². The van der Waals surface area contributed by atoms with Crippen molar-refractivity contribution in [2.75, 3.05) is 7.11 Å². The molecule has 138 valence electrons. The zero-order valence-electron chi connectivity index (χ0n) is 15.0. The number of aromatic nitrogens is 2. The fraction of sp³-hybridized carbons (Fsp3) is 0.227. The Bertz CT molecular complexity index is 1040. The van der Waals surface area contributed by atoms with Crippen LogP contribution in [0.25, 0.3) is 28.2 Å². The first-order chi connectivity index (χ1) is 13.1. The molecule has 1 aliphatic rings. The summed E-state index contributed by atoms with van der Waals surface area (Å²) in [6.07, 6.45) is 7.71. The molecule has 0 saturated heterocycles. The van der Waals surface area contributed by atoms with Crippen LogP contribution in [0.15, 0.2) is 54.4 Å². The molecule has 3 aromatic rings. The van der Waals surface area contributed by atoms with E-state index in [0.29, 0.717) is 23.7 Å². The molecule has 0 amide bonds. The fourth-order valence-corrected chi connectivity index (χ4v) is 3.44. The van der Waals surface area contributed by atoms with Crippen LogP contribution in [-0.4, -0.2) is 17.1 Å². The Kier molecular flexibility index (Phi) is 4.75. The Hall–Kier alpha value is -2.95. The summed E-state index contributed by atoms with van der Waals surface area (Å²) in [4.78, 5) is 7.82. The summed E-state index contributed by atoms with van der Waals surface area (Å²) >= 11 is 0. The minimum absolute atomic E-state index is 0.0144. The first kappa shape index (κ1) is 17.5. The summed E-state index contributed by atoms with van der Waals surface area (Å²) in [5.41, 5.74) is 2.80. The molecule has 1 atom stereocenters. The number of ether oxygens (including phenoxy) is 1. The minimum atomic E-state index is -0.328. The number of allylic oxidation sites excluding steroid dienone is 3. The van der Waals surface area contributed by atoms with Crippen LogP contribution in [0.5, 0.6) is 5.75 Å². The molecule has 1 N–H and O–H groups in total. The fourth-order valence-electron chi connectivity index (χ4n) is 3.44. The van der Waals surface area contributed by atoms with Gasteiger partial charge in [-0.25, -0.2) is 13.8 Å². The van der Waals surface area contributed by atoms with Crippen LogP contribution in [0.2, 0.25) is 0 Å². The molecule has 27 heavy (non-hydrogen) atoms. The molecule has 0 fully saturated rings. The Balaban J connectivity index is 1.63. The van der Waals surface area contributed by atoms with Gasteiger partial charge in [0.05, 0.1) is 29.5 Å². The van der Waals surface area contributed by atoms with Gasteiger partial charge in [0, 0.05) is 0 Å². The molecule has 0 bridgehead atoms. The largest absolute Gasteiger partial charge is 0.496 e. The molecule has 0 spiro atoms. The first-order valence-electron chi connectivity index (χ1n) is 8.99. The molecule has 0 saturated carbocycles. The highest BCUT2D eigenvalue weighted by Crippen LogP contribution is 2.34. The Morgan fingerprint density at radius 1 is 1.22 bits per heavy atom. The molecule has 3 nitrogen and oxygen atoms in total. The molecule has 1 unspecified atom stereocenters. The lowest BCUT2D eigenvalue weighted by molar-refractivity contribution is 0.413. The monoisotopic (exact) mass is 366 g/mol. The molecule has 1 heterocycles. The van der Waals surface area contributed by atoms with Crippen molar-refractivity contribution in [3.63, 3.8) is 0 Å². The minimum Gasteiger partial charge on any atom is -0.496 e. The van der Waals surface area contributed by atoms with Crippen molar-refractivity contribution < 1.29 is 13.5 Å². The van der Waals surface area contributed by atoms with Gasteiger partial charge in [0.25, 0.3) is 0 Å². The SMILES string of the molecule is COc1cccc(F)c1-c1ccc2nc(/C=C/C3CC=C(F)CC3)[nH]c2c1. The number of imidazole rings is 1. The van der Waals surface area contributed by atoms with Crippen molar-refractivity contribution in [2.45, 2.75) is 19.3 Å². The molecule has 0 radical (unpaired) electrons. The predicted molar refractivity (Wildman–Crippen MR) is 104 cm³/mol. The highest BCUT2D eigenvalue weighted by Gasteiger charge is 2.14. The number of halogens is 2. The van der Waals surface area contributed by atoms with Crippen LogP contribution >= 0.6 is 0 Å². The number of nitrogens with zero attached hydrogens (tertiary/aromatic N) is 1. The Morgan fingerprint density at radius 2 is 2.11 bits per heavy atom. The summed E-state index contributed by atoms with van der Waals surface area (Å²) < 4.78 is 32.7. The van der Waals surface area contributed by atoms with Gasteiger partial charge >= 0.3 is 0 Å². The van der Waals surface area contributed by atoms with Crippen LogP contribution in [0.3, 0.4) is 0 Å². The summed E-state index contributed by atoms with van der Waals surface area (Å²) in [5.74, 6) is 1.21. The van der Waals surface area contributed by atoms with Gasteiger partial charge in [-0.3, -0.25) is 0 Å². The van der Waals surface area contributed by atoms with E-state index in [9.17, 15) is 8.78 Å². The third-order valence-electron chi connectivity index (χ3n) is 4.91. The van der Waals surface area contributed by atoms with E-state index >= 15 is 0 Å². The van der Waals surface area contributed by atoms with Crippen molar-refractivity contribution in [1.29, 1.82) is 0 Å². The standard InChI is InChI=1S/C22H20F2N2O/c1-27-20-4-2-3-17(24)22(20)15-8-11-18-19(13-15)26-21(25-18)12-7-14-5-9-16(23)10-6-14/h2-4,7-9,11-14H,5-6,10H2,1H3,(H,25,26)/b12-7+. The van der Waals surface area contributed by atoms with E-state index in [1.807, 2.05) is 24.3 Å². The average Bonchev–Trinajstić information content (AvgIpc) is 3.09. The normalized spacial score (nSPS) is 17.4. The van der Waals surface area contributed by atoms with E-state index in [2.05, 4.69) is 16.0 Å². The number of aromatic amines is 1. The third-order valence-corrected chi connectivity index (χ3v) is 4.91. The van der Waals surface area contributed by atoms with E-state index in [4.69, 9.17) is 4.74 Å². The van der Waals surface area contributed by atoms with E-state index in [0.717, 1.165) is 35.3 Å². The zero-order chi connectivity index (χ0) is 18.8. The van der Waals surface area contributed by atoms with Gasteiger partial charge in [-0.15, -0.1) is 0 Å². The second kappa shape index (κ2) is 7.35. The maximum atomic E-state index is 14.3. The van der Waals surface area contributed by atoms with E-state index in [1.54, 1.807) is 18.2 Å². The lowest BCUT2D eigenvalue weighted by Gasteiger charge is -2.14. The van der Waals surface area contributed by atoms with Crippen molar-refractivity contribution in [1.82, 2.24) is 9.97 Å². The summed E-state index contributed by atoms with van der Waals surface area (Å²) in [6.45, 7) is 0. The van der Waals surface area contributed by atoms with Crippen LogP contribution in [0.4, 0.5) is 8.78 Å². The lowest BCUT2D eigenvalue weighted by atomic mass is 9.93. The Morgan fingerprint density at radius 3 is 2.89 bits per heavy atom. The number of benzene rings is 2.